The van der Waals surface area contributed by atoms with Gasteiger partial charge in [0.1, 0.15) is 11.9 Å². The summed E-state index contributed by atoms with van der Waals surface area (Å²) in [5.74, 6) is 1.56. The molecule has 1 fully saturated rings. The van der Waals surface area contributed by atoms with Crippen LogP contribution in [0.5, 0.6) is 0 Å². The summed E-state index contributed by atoms with van der Waals surface area (Å²) in [4.78, 5) is 25.3. The molecule has 3 aromatic rings. The summed E-state index contributed by atoms with van der Waals surface area (Å²) in [5.41, 5.74) is 7.36. The summed E-state index contributed by atoms with van der Waals surface area (Å²) in [6, 6.07) is 17.5. The zero-order valence-corrected chi connectivity index (χ0v) is 33.4. The largest absolute Gasteiger partial charge is 0.387 e. The summed E-state index contributed by atoms with van der Waals surface area (Å²) in [6.07, 6.45) is 4.72. The number of hydrogen-bond donors (Lipinski definition) is 4. The molecule has 4 rings (SSSR count). The summed E-state index contributed by atoms with van der Waals surface area (Å²) in [6.45, 7) is 22.3. The van der Waals surface area contributed by atoms with E-state index in [1.54, 1.807) is 19.1 Å². The number of likely N-dealkylation sites (tertiary alicyclic amines) is 1. The summed E-state index contributed by atoms with van der Waals surface area (Å²) in [5, 5.41) is 17.4. The molecular weight excluding hydrogens is 649 g/mol. The van der Waals surface area contributed by atoms with Gasteiger partial charge in [0.05, 0.1) is 29.7 Å². The number of carbonyl (C=O) groups excluding carboxylic acids is 1. The number of rotatable bonds is 17. The quantitative estimate of drug-likeness (QED) is 0.114. The number of ether oxygens (including phenoxy) is 1. The average molecular weight is 713 g/mol. The van der Waals surface area contributed by atoms with Crippen LogP contribution in [0.2, 0.25) is 0 Å². The number of aliphatic hydroxyl groups excluding tert-OH is 1. The Labute approximate surface area is 312 Å². The van der Waals surface area contributed by atoms with E-state index >= 15 is 0 Å². The monoisotopic (exact) mass is 713 g/mol. The molecule has 1 aliphatic rings. The maximum atomic E-state index is 13.0. The molecule has 3 unspecified atom stereocenters. The highest BCUT2D eigenvalue weighted by molar-refractivity contribution is 5.81. The van der Waals surface area contributed by atoms with E-state index < -0.39 is 6.10 Å². The number of imidazole rings is 1. The third-order valence-electron chi connectivity index (χ3n) is 10.7. The van der Waals surface area contributed by atoms with E-state index in [0.717, 1.165) is 64.6 Å². The first kappa shape index (κ1) is 40.7. The molecule has 0 saturated carbocycles. The SMILES string of the molecule is C=C(C(OC)C(C)C)N1C(CN/C=C(\NC)c2ccc(-c3ccc(-c4cnc([C@H](CC(C)C)N(C)C(=O)C(O)C(C)C)[nH]4)cc3)cc2)C[C@@H](C)[C@@H]1C. The van der Waals surface area contributed by atoms with Gasteiger partial charge in [-0.3, -0.25) is 4.79 Å². The topological polar surface area (TPSA) is 106 Å². The molecule has 0 aliphatic carbocycles. The minimum absolute atomic E-state index is 0.00948. The second kappa shape index (κ2) is 18.1. The molecule has 9 heteroatoms. The van der Waals surface area contributed by atoms with Gasteiger partial charge < -0.3 is 35.3 Å². The van der Waals surface area contributed by atoms with Gasteiger partial charge in [0.25, 0.3) is 5.91 Å². The van der Waals surface area contributed by atoms with Crippen LogP contribution in [0.3, 0.4) is 0 Å². The molecule has 4 N–H and O–H groups in total. The molecule has 9 nitrogen and oxygen atoms in total. The Kier molecular flexibility index (Phi) is 14.2. The summed E-state index contributed by atoms with van der Waals surface area (Å²) >= 11 is 0. The van der Waals surface area contributed by atoms with Gasteiger partial charge in [0.2, 0.25) is 0 Å². The van der Waals surface area contributed by atoms with Gasteiger partial charge in [-0.15, -0.1) is 0 Å². The number of nitrogens with zero attached hydrogens (tertiary/aromatic N) is 3. The van der Waals surface area contributed by atoms with Crippen molar-refractivity contribution in [2.45, 2.75) is 98.6 Å². The Morgan fingerprint density at radius 1 is 1.04 bits per heavy atom. The first-order chi connectivity index (χ1) is 24.7. The smallest absolute Gasteiger partial charge is 0.252 e. The number of carbonyl (C=O) groups is 1. The molecule has 6 atom stereocenters. The van der Waals surface area contributed by atoms with Crippen LogP contribution in [0.15, 0.2) is 73.2 Å². The molecule has 0 spiro atoms. The number of likely N-dealkylation sites (N-methyl/N-ethyl adjacent to an activating group) is 1. The standard InChI is InChI=1S/C43H64N6O3/c1-26(2)21-39(48(11)43(51)40(50)27(3)4)42-46-25-38(47-42)35-19-15-33(16-20-35)32-13-17-34(18-14-32)37(44-10)24-45-23-36-22-29(7)30(8)49(36)31(9)41(52-12)28(5)6/h13-20,24-30,36,39-41,44-45,50H,9,21-23H2,1-8,10-12H3,(H,46,47)/b37-24-/t29-,30+,36?,39+,40?,41?/m1/s1. The van der Waals surface area contributed by atoms with Crippen LogP contribution in [0.4, 0.5) is 0 Å². The molecule has 1 saturated heterocycles. The Bertz CT molecular complexity index is 1630. The molecular formula is C43H64N6O3. The Morgan fingerprint density at radius 3 is 2.17 bits per heavy atom. The average Bonchev–Trinajstić information content (AvgIpc) is 3.72. The number of H-pyrrole nitrogens is 1. The fourth-order valence-electron chi connectivity index (χ4n) is 7.45. The zero-order valence-electron chi connectivity index (χ0n) is 33.4. The molecule has 284 valence electrons. The van der Waals surface area contributed by atoms with Crippen molar-refractivity contribution in [1.82, 2.24) is 30.4 Å². The van der Waals surface area contributed by atoms with E-state index in [2.05, 4.69) is 128 Å². The molecule has 0 radical (unpaired) electrons. The van der Waals surface area contributed by atoms with Gasteiger partial charge >= 0.3 is 0 Å². The minimum atomic E-state index is -1.04. The van der Waals surface area contributed by atoms with Crippen molar-refractivity contribution in [3.8, 4) is 22.4 Å². The number of benzene rings is 2. The highest BCUT2D eigenvalue weighted by Crippen LogP contribution is 2.35. The Hall–Kier alpha value is -4.08. The second-order valence-electron chi connectivity index (χ2n) is 15.7. The fraction of sp³-hybridized carbons (Fsp3) is 0.535. The molecule has 52 heavy (non-hydrogen) atoms. The molecule has 1 aromatic heterocycles. The van der Waals surface area contributed by atoms with Crippen LogP contribution in [-0.4, -0.2) is 82.8 Å². The normalized spacial score (nSPS) is 19.6. The molecule has 1 amide bonds. The number of methoxy groups -OCH3 is 1. The number of aliphatic hydroxyl groups is 1. The maximum absolute atomic E-state index is 13.0. The lowest BCUT2D eigenvalue weighted by Crippen LogP contribution is -2.44. The van der Waals surface area contributed by atoms with E-state index in [0.29, 0.717) is 29.8 Å². The van der Waals surface area contributed by atoms with Crippen LogP contribution in [-0.2, 0) is 9.53 Å². The van der Waals surface area contributed by atoms with E-state index in [9.17, 15) is 9.90 Å². The van der Waals surface area contributed by atoms with Gasteiger partial charge in [0.15, 0.2) is 0 Å². The number of amides is 1. The van der Waals surface area contributed by atoms with Crippen molar-refractivity contribution in [2.24, 2.45) is 23.7 Å². The van der Waals surface area contributed by atoms with Crippen LogP contribution >= 0.6 is 0 Å². The second-order valence-corrected chi connectivity index (χ2v) is 15.7. The highest BCUT2D eigenvalue weighted by Gasteiger charge is 2.39. The van der Waals surface area contributed by atoms with Gasteiger partial charge in [-0.05, 0) is 65.7 Å². The van der Waals surface area contributed by atoms with Gasteiger partial charge in [0, 0.05) is 51.7 Å². The van der Waals surface area contributed by atoms with Gasteiger partial charge in [-0.25, -0.2) is 4.98 Å². The molecule has 0 bridgehead atoms. The fourth-order valence-corrected chi connectivity index (χ4v) is 7.45. The van der Waals surface area contributed by atoms with Crippen LogP contribution in [0.1, 0.15) is 85.7 Å². The van der Waals surface area contributed by atoms with E-state index in [1.165, 1.54) is 0 Å². The van der Waals surface area contributed by atoms with Crippen molar-refractivity contribution in [3.63, 3.8) is 0 Å². The van der Waals surface area contributed by atoms with Crippen molar-refractivity contribution < 1.29 is 14.6 Å². The lowest BCUT2D eigenvalue weighted by atomic mass is 10.00. The summed E-state index contributed by atoms with van der Waals surface area (Å²) < 4.78 is 5.84. The zero-order chi connectivity index (χ0) is 38.3. The minimum Gasteiger partial charge on any atom is -0.387 e. The van der Waals surface area contributed by atoms with Crippen LogP contribution in [0.25, 0.3) is 28.1 Å². The third-order valence-corrected chi connectivity index (χ3v) is 10.7. The van der Waals surface area contributed by atoms with Crippen molar-refractivity contribution in [2.75, 3.05) is 27.7 Å². The molecule has 2 heterocycles. The Morgan fingerprint density at radius 2 is 1.63 bits per heavy atom. The predicted molar refractivity (Wildman–Crippen MR) is 214 cm³/mol. The highest BCUT2D eigenvalue weighted by atomic mass is 16.5. The lowest BCUT2D eigenvalue weighted by molar-refractivity contribution is -0.143. The number of hydrogen-bond acceptors (Lipinski definition) is 7. The maximum Gasteiger partial charge on any atom is 0.252 e. The Balaban J connectivity index is 1.43. The lowest BCUT2D eigenvalue weighted by Gasteiger charge is -2.37. The number of aromatic amines is 1. The predicted octanol–water partition coefficient (Wildman–Crippen LogP) is 7.70. The number of nitrogens with one attached hydrogen (secondary N) is 3. The summed E-state index contributed by atoms with van der Waals surface area (Å²) in [7, 11) is 5.49. The first-order valence-corrected chi connectivity index (χ1v) is 19.0. The molecule has 1 aliphatic heterocycles. The van der Waals surface area contributed by atoms with Gasteiger partial charge in [-0.1, -0.05) is 104 Å². The van der Waals surface area contributed by atoms with E-state index in [4.69, 9.17) is 4.74 Å². The van der Waals surface area contributed by atoms with Crippen molar-refractivity contribution in [1.29, 1.82) is 0 Å². The van der Waals surface area contributed by atoms with Crippen molar-refractivity contribution in [3.05, 3.63) is 84.6 Å². The van der Waals surface area contributed by atoms with E-state index in [-0.39, 0.29) is 24.0 Å². The first-order valence-electron chi connectivity index (χ1n) is 19.0. The van der Waals surface area contributed by atoms with Crippen LogP contribution in [0, 0.1) is 23.7 Å². The van der Waals surface area contributed by atoms with Crippen molar-refractivity contribution >= 4 is 11.6 Å². The van der Waals surface area contributed by atoms with Crippen LogP contribution < -0.4 is 10.6 Å². The van der Waals surface area contributed by atoms with Gasteiger partial charge in [-0.2, -0.15) is 0 Å². The molecule has 2 aromatic carbocycles. The third kappa shape index (κ3) is 9.47. The number of aromatic nitrogens is 2. The van der Waals surface area contributed by atoms with E-state index in [1.807, 2.05) is 27.1 Å².